The smallest absolute Gasteiger partial charge is 0.116 e. The molecular formula is C17H19NS. The lowest BCUT2D eigenvalue weighted by Crippen LogP contribution is -2.43. The summed E-state index contributed by atoms with van der Waals surface area (Å²) in [4.78, 5) is 0. The van der Waals surface area contributed by atoms with E-state index in [9.17, 15) is 5.26 Å². The van der Waals surface area contributed by atoms with Gasteiger partial charge in [-0.3, -0.25) is 0 Å². The van der Waals surface area contributed by atoms with Crippen LogP contribution in [0.4, 0.5) is 0 Å². The average molecular weight is 269 g/mol. The second kappa shape index (κ2) is 4.42. The van der Waals surface area contributed by atoms with Gasteiger partial charge in [0.05, 0.1) is 6.07 Å². The molecule has 0 saturated heterocycles. The number of hydrogen-bond acceptors (Lipinski definition) is 2. The minimum absolute atomic E-state index is 0.0807. The summed E-state index contributed by atoms with van der Waals surface area (Å²) < 4.78 is -0.290. The van der Waals surface area contributed by atoms with E-state index >= 15 is 0 Å². The molecule has 0 N–H and O–H groups in total. The number of rotatable bonds is 3. The maximum atomic E-state index is 9.91. The average Bonchev–Trinajstić information content (AvgIpc) is 2.96. The monoisotopic (exact) mass is 269 g/mol. The van der Waals surface area contributed by atoms with Crippen molar-refractivity contribution in [2.24, 2.45) is 5.92 Å². The van der Waals surface area contributed by atoms with Gasteiger partial charge in [-0.25, -0.2) is 0 Å². The highest BCUT2D eigenvalue weighted by molar-refractivity contribution is 8.01. The van der Waals surface area contributed by atoms with Gasteiger partial charge in [-0.2, -0.15) is 5.26 Å². The zero-order valence-electron chi connectivity index (χ0n) is 11.5. The summed E-state index contributed by atoms with van der Waals surface area (Å²) in [6.07, 6.45) is 6.74. The van der Waals surface area contributed by atoms with Gasteiger partial charge in [0.1, 0.15) is 4.75 Å². The van der Waals surface area contributed by atoms with Crippen molar-refractivity contribution in [3.63, 3.8) is 0 Å². The summed E-state index contributed by atoms with van der Waals surface area (Å²) in [5, 5.41) is 10.4. The lowest BCUT2D eigenvalue weighted by Gasteiger charge is -2.40. The standard InChI is InChI=1S/C17H19NS/c1-13(2)19-17(12-18)11-14-8-9-16(17,10-14)15-6-4-3-5-7-15/h3-9,13-14H,10-11H2,1-2H3/t14-,16+,17+/m0/s1. The van der Waals surface area contributed by atoms with E-state index in [0.29, 0.717) is 11.2 Å². The van der Waals surface area contributed by atoms with E-state index in [2.05, 4.69) is 62.4 Å². The normalized spacial score (nSPS) is 35.8. The van der Waals surface area contributed by atoms with Gasteiger partial charge in [0.2, 0.25) is 0 Å². The van der Waals surface area contributed by atoms with Gasteiger partial charge < -0.3 is 0 Å². The van der Waals surface area contributed by atoms with Crippen LogP contribution in [-0.2, 0) is 5.41 Å². The number of hydrogen-bond donors (Lipinski definition) is 0. The van der Waals surface area contributed by atoms with Crippen LogP contribution in [0.5, 0.6) is 0 Å². The molecule has 1 nitrogen and oxygen atoms in total. The van der Waals surface area contributed by atoms with Crippen molar-refractivity contribution in [3.05, 3.63) is 48.0 Å². The Morgan fingerprint density at radius 1 is 1.26 bits per heavy atom. The Kier molecular flexibility index (Phi) is 2.98. The molecule has 0 amide bonds. The van der Waals surface area contributed by atoms with Crippen molar-refractivity contribution in [3.8, 4) is 6.07 Å². The Labute approximate surface area is 119 Å². The summed E-state index contributed by atoms with van der Waals surface area (Å²) in [6, 6.07) is 13.3. The molecule has 1 saturated carbocycles. The van der Waals surface area contributed by atoms with Crippen molar-refractivity contribution >= 4 is 11.8 Å². The fraction of sp³-hybridized carbons (Fsp3) is 0.471. The molecule has 0 heterocycles. The molecule has 1 aromatic rings. The van der Waals surface area contributed by atoms with Crippen LogP contribution in [0.2, 0.25) is 0 Å². The second-order valence-electron chi connectivity index (χ2n) is 5.97. The molecule has 1 fully saturated rings. The highest BCUT2D eigenvalue weighted by atomic mass is 32.2. The molecule has 0 unspecified atom stereocenters. The van der Waals surface area contributed by atoms with Gasteiger partial charge in [-0.1, -0.05) is 56.3 Å². The zero-order chi connectivity index (χ0) is 13.5. The van der Waals surface area contributed by atoms with Gasteiger partial charge in [0.15, 0.2) is 0 Å². The lowest BCUT2D eigenvalue weighted by molar-refractivity contribution is 0.511. The van der Waals surface area contributed by atoms with Gasteiger partial charge in [-0.15, -0.1) is 11.8 Å². The number of nitrogens with zero attached hydrogens (tertiary/aromatic N) is 1. The van der Waals surface area contributed by atoms with Crippen LogP contribution in [0.15, 0.2) is 42.5 Å². The molecule has 2 heteroatoms. The number of nitriles is 1. The molecule has 98 valence electrons. The molecule has 0 aliphatic heterocycles. The summed E-state index contributed by atoms with van der Waals surface area (Å²) >= 11 is 1.85. The molecule has 0 spiro atoms. The third kappa shape index (κ3) is 1.75. The fourth-order valence-corrected chi connectivity index (χ4v) is 5.40. The van der Waals surface area contributed by atoms with Gasteiger partial charge in [0.25, 0.3) is 0 Å². The first kappa shape index (κ1) is 12.8. The minimum Gasteiger partial charge on any atom is -0.197 e. The predicted octanol–water partition coefficient (Wildman–Crippen LogP) is 4.31. The van der Waals surface area contributed by atoms with Crippen LogP contribution in [0.25, 0.3) is 0 Å². The van der Waals surface area contributed by atoms with E-state index < -0.39 is 0 Å². The van der Waals surface area contributed by atoms with E-state index in [-0.39, 0.29) is 10.2 Å². The topological polar surface area (TPSA) is 23.8 Å². The Balaban J connectivity index is 2.12. The van der Waals surface area contributed by atoms with E-state index in [0.717, 1.165) is 12.8 Å². The summed E-state index contributed by atoms with van der Waals surface area (Å²) in [7, 11) is 0. The van der Waals surface area contributed by atoms with Crippen molar-refractivity contribution in [2.45, 2.75) is 42.1 Å². The Hall–Kier alpha value is -1.20. The molecule has 3 atom stereocenters. The van der Waals surface area contributed by atoms with Gasteiger partial charge in [-0.05, 0) is 24.3 Å². The molecule has 0 radical (unpaired) electrons. The van der Waals surface area contributed by atoms with Crippen molar-refractivity contribution < 1.29 is 0 Å². The molecule has 2 bridgehead atoms. The molecule has 3 rings (SSSR count). The Morgan fingerprint density at radius 3 is 2.58 bits per heavy atom. The number of allylic oxidation sites excluding steroid dienone is 2. The van der Waals surface area contributed by atoms with E-state index in [1.807, 2.05) is 11.8 Å². The number of benzene rings is 1. The van der Waals surface area contributed by atoms with Crippen LogP contribution in [-0.4, -0.2) is 10.00 Å². The maximum absolute atomic E-state index is 9.91. The molecule has 0 aromatic heterocycles. The SMILES string of the molecule is CC(C)S[C@@]1(C#N)C[C@H]2C=C[C@]1(c1ccccc1)C2. The highest BCUT2D eigenvalue weighted by Gasteiger charge is 2.61. The van der Waals surface area contributed by atoms with Crippen molar-refractivity contribution in [2.75, 3.05) is 0 Å². The molecule has 2 aliphatic carbocycles. The number of fused-ring (bicyclic) bond motifs is 2. The third-order valence-corrected chi connectivity index (χ3v) is 5.91. The lowest BCUT2D eigenvalue weighted by atomic mass is 9.72. The van der Waals surface area contributed by atoms with E-state index in [1.165, 1.54) is 5.56 Å². The van der Waals surface area contributed by atoms with Crippen LogP contribution in [0.1, 0.15) is 32.3 Å². The van der Waals surface area contributed by atoms with Crippen LogP contribution < -0.4 is 0 Å². The molecule has 2 aliphatic rings. The van der Waals surface area contributed by atoms with Crippen LogP contribution in [0.3, 0.4) is 0 Å². The third-order valence-electron chi connectivity index (χ3n) is 4.41. The van der Waals surface area contributed by atoms with Crippen LogP contribution in [0, 0.1) is 17.2 Å². The molecule has 19 heavy (non-hydrogen) atoms. The van der Waals surface area contributed by atoms with Gasteiger partial charge >= 0.3 is 0 Å². The summed E-state index contributed by atoms with van der Waals surface area (Å²) in [6.45, 7) is 4.39. The quantitative estimate of drug-likeness (QED) is 0.764. The minimum atomic E-state index is -0.290. The highest BCUT2D eigenvalue weighted by Crippen LogP contribution is 2.62. The fourth-order valence-electron chi connectivity index (χ4n) is 3.75. The summed E-state index contributed by atoms with van der Waals surface area (Å²) in [5.41, 5.74) is 1.23. The number of thioether (sulfide) groups is 1. The van der Waals surface area contributed by atoms with Crippen molar-refractivity contribution in [1.29, 1.82) is 5.26 Å². The molecular weight excluding hydrogens is 250 g/mol. The molecule has 1 aromatic carbocycles. The largest absolute Gasteiger partial charge is 0.197 e. The first-order chi connectivity index (χ1) is 9.12. The van der Waals surface area contributed by atoms with E-state index in [4.69, 9.17) is 0 Å². The van der Waals surface area contributed by atoms with E-state index in [1.54, 1.807) is 0 Å². The Bertz CT molecular complexity index is 542. The summed E-state index contributed by atoms with van der Waals surface area (Å²) in [5.74, 6) is 0.575. The van der Waals surface area contributed by atoms with Crippen molar-refractivity contribution in [1.82, 2.24) is 0 Å². The van der Waals surface area contributed by atoms with Crippen LogP contribution >= 0.6 is 11.8 Å². The second-order valence-corrected chi connectivity index (χ2v) is 7.85. The zero-order valence-corrected chi connectivity index (χ0v) is 12.3. The first-order valence-electron chi connectivity index (χ1n) is 6.96. The predicted molar refractivity (Wildman–Crippen MR) is 81.1 cm³/mol. The first-order valence-corrected chi connectivity index (χ1v) is 7.84. The Morgan fingerprint density at radius 2 is 2.00 bits per heavy atom. The maximum Gasteiger partial charge on any atom is 0.116 e. The van der Waals surface area contributed by atoms with Gasteiger partial charge in [0, 0.05) is 10.7 Å².